The van der Waals surface area contributed by atoms with Gasteiger partial charge in [0.05, 0.1) is 0 Å². The number of alkyl halides is 2. The zero-order valence-corrected chi connectivity index (χ0v) is 3.80. The topological polar surface area (TPSA) is 17.1 Å². The molecule has 0 fully saturated rings. The summed E-state index contributed by atoms with van der Waals surface area (Å²) in [4.78, 5) is 8.99. The lowest BCUT2D eigenvalue weighted by Crippen LogP contribution is -2.28. The van der Waals surface area contributed by atoms with Crippen LogP contribution in [0.25, 0.3) is 0 Å². The Hall–Kier alpha value is -0.680. The van der Waals surface area contributed by atoms with Gasteiger partial charge >= 0.3 is 18.4 Å². The van der Waals surface area contributed by atoms with Gasteiger partial charge in [-0.2, -0.15) is 22.0 Å². The second-order valence-electron chi connectivity index (χ2n) is 1.11. The van der Waals surface area contributed by atoms with Crippen molar-refractivity contribution in [2.24, 2.45) is 0 Å². The van der Waals surface area contributed by atoms with Crippen LogP contribution in [0.4, 0.5) is 22.0 Å². The van der Waals surface area contributed by atoms with E-state index >= 15 is 0 Å². The third-order valence-corrected chi connectivity index (χ3v) is 0.484. The summed E-state index contributed by atoms with van der Waals surface area (Å²) in [5.74, 6) is -5.22. The minimum Gasteiger partial charge on any atom is -0.254 e. The molecule has 0 amide bonds. The van der Waals surface area contributed by atoms with Crippen molar-refractivity contribution < 1.29 is 26.7 Å². The van der Waals surface area contributed by atoms with E-state index in [1.807, 2.05) is 0 Å². The lowest BCUT2D eigenvalue weighted by molar-refractivity contribution is -0.162. The maximum Gasteiger partial charge on any atom is 0.404 e. The summed E-state index contributed by atoms with van der Waals surface area (Å²) in [6, 6.07) is -3.34. The average molecular weight is 147 g/mol. The van der Waals surface area contributed by atoms with E-state index in [9.17, 15) is 22.0 Å². The Morgan fingerprint density at radius 3 is 1.44 bits per heavy atom. The van der Waals surface area contributed by atoms with Crippen LogP contribution in [0.3, 0.4) is 0 Å². The van der Waals surface area contributed by atoms with Crippen LogP contribution in [0, 0.1) is 6.43 Å². The molecule has 9 heavy (non-hydrogen) atoms. The van der Waals surface area contributed by atoms with Crippen LogP contribution in [-0.4, -0.2) is 12.0 Å². The standard InChI is InChI=1S/C3F5O/c4-1(5)3(7,8)2(6)9. The molecule has 1 nitrogen and oxygen atoms in total. The van der Waals surface area contributed by atoms with Gasteiger partial charge in [-0.25, -0.2) is 0 Å². The van der Waals surface area contributed by atoms with Crippen molar-refractivity contribution in [3.8, 4) is 0 Å². The van der Waals surface area contributed by atoms with Gasteiger partial charge in [0.1, 0.15) is 0 Å². The van der Waals surface area contributed by atoms with Crippen molar-refractivity contribution in [1.82, 2.24) is 0 Å². The highest BCUT2D eigenvalue weighted by atomic mass is 19.3. The van der Waals surface area contributed by atoms with Crippen LogP contribution in [0.5, 0.6) is 0 Å². The molecule has 0 aromatic carbocycles. The largest absolute Gasteiger partial charge is 0.404 e. The first kappa shape index (κ1) is 8.32. The van der Waals surface area contributed by atoms with E-state index in [2.05, 4.69) is 0 Å². The molecular formula is C3F5O. The summed E-state index contributed by atoms with van der Waals surface area (Å²) in [7, 11) is 0. The van der Waals surface area contributed by atoms with E-state index in [-0.39, 0.29) is 0 Å². The Balaban J connectivity index is 4.19. The highest BCUT2D eigenvalue weighted by Crippen LogP contribution is 2.29. The first-order chi connectivity index (χ1) is 3.89. The first-order valence-electron chi connectivity index (χ1n) is 1.65. The molecule has 0 unspecified atom stereocenters. The van der Waals surface area contributed by atoms with Gasteiger partial charge < -0.3 is 0 Å². The molecule has 0 aliphatic heterocycles. The Morgan fingerprint density at radius 2 is 1.44 bits per heavy atom. The van der Waals surface area contributed by atoms with Gasteiger partial charge in [0, 0.05) is 0 Å². The molecule has 0 heterocycles. The molecule has 0 aromatic heterocycles. The van der Waals surface area contributed by atoms with Gasteiger partial charge in [0.25, 0.3) is 0 Å². The van der Waals surface area contributed by atoms with Crippen molar-refractivity contribution in [3.05, 3.63) is 6.43 Å². The molecule has 0 saturated heterocycles. The van der Waals surface area contributed by atoms with E-state index in [1.54, 1.807) is 0 Å². The van der Waals surface area contributed by atoms with Crippen LogP contribution in [0.1, 0.15) is 0 Å². The molecule has 0 N–H and O–H groups in total. The molecule has 1 radical (unpaired) electrons. The molecule has 0 aromatic rings. The number of carbonyl (C=O) groups excluding carboxylic acids is 1. The zero-order valence-electron chi connectivity index (χ0n) is 3.80. The SMILES string of the molecule is O=C(F)C(F)(F)[C](F)F. The summed E-state index contributed by atoms with van der Waals surface area (Å²) in [6.07, 6.45) is -3.53. The second kappa shape index (κ2) is 2.28. The molecule has 0 saturated carbocycles. The number of halogens is 5. The third kappa shape index (κ3) is 1.62. The summed E-state index contributed by atoms with van der Waals surface area (Å²) in [6.45, 7) is 0. The molecule has 0 aliphatic rings. The summed E-state index contributed by atoms with van der Waals surface area (Å²) >= 11 is 0. The minimum absolute atomic E-state index is 3.34. The minimum atomic E-state index is -5.22. The van der Waals surface area contributed by atoms with Crippen LogP contribution in [-0.2, 0) is 4.79 Å². The molecule has 0 aliphatic carbocycles. The van der Waals surface area contributed by atoms with Gasteiger partial charge in [-0.05, 0) is 0 Å². The van der Waals surface area contributed by atoms with E-state index in [4.69, 9.17) is 4.79 Å². The summed E-state index contributed by atoms with van der Waals surface area (Å²) in [5.41, 5.74) is 0. The van der Waals surface area contributed by atoms with Crippen molar-refractivity contribution in [1.29, 1.82) is 0 Å². The lowest BCUT2D eigenvalue weighted by Gasteiger charge is -2.04. The molecule has 6 heteroatoms. The third-order valence-electron chi connectivity index (χ3n) is 0.484. The van der Waals surface area contributed by atoms with E-state index in [1.165, 1.54) is 0 Å². The quantitative estimate of drug-likeness (QED) is 0.427. The van der Waals surface area contributed by atoms with Crippen molar-refractivity contribution in [2.45, 2.75) is 5.92 Å². The molecule has 53 valence electrons. The van der Waals surface area contributed by atoms with E-state index in [0.717, 1.165) is 0 Å². The average Bonchev–Trinajstić information content (AvgIpc) is 1.65. The van der Waals surface area contributed by atoms with Gasteiger partial charge in [-0.1, -0.05) is 0 Å². The fourth-order valence-corrected chi connectivity index (χ4v) is 0.0743. The fraction of sp³-hybridized carbons (Fsp3) is 0.333. The lowest BCUT2D eigenvalue weighted by atomic mass is 10.4. The van der Waals surface area contributed by atoms with Gasteiger partial charge in [-0.15, -0.1) is 0 Å². The highest BCUT2D eigenvalue weighted by molar-refractivity contribution is 5.78. The number of carbonyl (C=O) groups is 1. The van der Waals surface area contributed by atoms with Gasteiger partial charge in [-0.3, -0.25) is 4.79 Å². The smallest absolute Gasteiger partial charge is 0.254 e. The number of hydrogen-bond acceptors (Lipinski definition) is 1. The monoisotopic (exact) mass is 147 g/mol. The predicted octanol–water partition coefficient (Wildman–Crippen LogP) is 1.55. The predicted molar refractivity (Wildman–Crippen MR) is 16.5 cm³/mol. The Morgan fingerprint density at radius 1 is 1.11 bits per heavy atom. The van der Waals surface area contributed by atoms with E-state index < -0.39 is 18.4 Å². The highest BCUT2D eigenvalue weighted by Gasteiger charge is 2.51. The summed E-state index contributed by atoms with van der Waals surface area (Å²) in [5, 5.41) is 0. The first-order valence-corrected chi connectivity index (χ1v) is 1.65. The number of rotatable bonds is 2. The van der Waals surface area contributed by atoms with Gasteiger partial charge in [0.15, 0.2) is 0 Å². The van der Waals surface area contributed by atoms with E-state index in [0.29, 0.717) is 0 Å². The normalized spacial score (nSPS) is 12.2. The molecule has 0 bridgehead atoms. The van der Waals surface area contributed by atoms with Crippen LogP contribution >= 0.6 is 0 Å². The van der Waals surface area contributed by atoms with Crippen molar-refractivity contribution in [2.75, 3.05) is 0 Å². The second-order valence-corrected chi connectivity index (χ2v) is 1.11. The maximum absolute atomic E-state index is 11.2. The number of hydrogen-bond donors (Lipinski definition) is 0. The molecule has 0 atom stereocenters. The van der Waals surface area contributed by atoms with Crippen LogP contribution in [0.2, 0.25) is 0 Å². The van der Waals surface area contributed by atoms with Gasteiger partial charge in [0.2, 0.25) is 0 Å². The maximum atomic E-state index is 11.2. The molecule has 0 rings (SSSR count). The molecular weight excluding hydrogens is 147 g/mol. The van der Waals surface area contributed by atoms with Crippen LogP contribution < -0.4 is 0 Å². The fourth-order valence-electron chi connectivity index (χ4n) is 0.0743. The Kier molecular flexibility index (Phi) is 2.11. The zero-order chi connectivity index (χ0) is 7.65. The Bertz CT molecular complexity index is 119. The van der Waals surface area contributed by atoms with Crippen molar-refractivity contribution in [3.63, 3.8) is 0 Å². The van der Waals surface area contributed by atoms with Crippen LogP contribution in [0.15, 0.2) is 0 Å². The molecule has 0 spiro atoms. The van der Waals surface area contributed by atoms with Crippen molar-refractivity contribution >= 4 is 6.04 Å². The Labute approximate surface area is 46.5 Å². The summed E-state index contributed by atoms with van der Waals surface area (Å²) < 4.78 is 54.7.